The van der Waals surface area contributed by atoms with Crippen LogP contribution in [0.5, 0.6) is 0 Å². The molecule has 4 heteroatoms. The van der Waals surface area contributed by atoms with Gasteiger partial charge in [-0.1, -0.05) is 0 Å². The van der Waals surface area contributed by atoms with Crippen LogP contribution in [-0.2, 0) is 4.74 Å². The van der Waals surface area contributed by atoms with Crippen LogP contribution < -0.4 is 0 Å². The third kappa shape index (κ3) is 1.64. The van der Waals surface area contributed by atoms with Gasteiger partial charge in [0.2, 0.25) is 0 Å². The second-order valence-electron chi connectivity index (χ2n) is 2.92. The van der Waals surface area contributed by atoms with Crippen LogP contribution in [0, 0.1) is 3.70 Å². The molecule has 0 amide bonds. The van der Waals surface area contributed by atoms with Gasteiger partial charge < -0.3 is 4.74 Å². The maximum absolute atomic E-state index is 5.60. The number of hydrogen-bond donors (Lipinski definition) is 0. The molecule has 1 aromatic heterocycles. The van der Waals surface area contributed by atoms with Crippen LogP contribution in [0.1, 0.15) is 25.5 Å². The lowest BCUT2D eigenvalue weighted by molar-refractivity contribution is -0.0410. The molecule has 2 rings (SSSR count). The molecule has 0 aliphatic carbocycles. The predicted octanol–water partition coefficient (Wildman–Crippen LogP) is 2.19. The molecular formula is C8H11IN2O. The zero-order chi connectivity index (χ0) is 8.39. The second kappa shape index (κ2) is 3.74. The highest BCUT2D eigenvalue weighted by atomic mass is 127. The van der Waals surface area contributed by atoms with Crippen molar-refractivity contribution >= 4 is 22.6 Å². The largest absolute Gasteiger partial charge is 0.356 e. The zero-order valence-electron chi connectivity index (χ0n) is 6.74. The number of nitrogens with zero attached hydrogens (tertiary/aromatic N) is 2. The molecule has 1 aromatic rings. The van der Waals surface area contributed by atoms with Gasteiger partial charge in [0.15, 0.2) is 6.23 Å². The first-order valence-corrected chi connectivity index (χ1v) is 5.26. The molecule has 3 nitrogen and oxygen atoms in total. The molecule has 1 atom stereocenters. The highest BCUT2D eigenvalue weighted by Gasteiger charge is 2.17. The molecule has 0 aromatic carbocycles. The fraction of sp³-hybridized carbons (Fsp3) is 0.625. The maximum atomic E-state index is 5.60. The van der Waals surface area contributed by atoms with Gasteiger partial charge in [0.05, 0.1) is 6.20 Å². The van der Waals surface area contributed by atoms with Gasteiger partial charge in [-0.05, 0) is 47.9 Å². The lowest BCUT2D eigenvalue weighted by Gasteiger charge is -2.23. The van der Waals surface area contributed by atoms with Gasteiger partial charge in [0.25, 0.3) is 0 Å². The van der Waals surface area contributed by atoms with E-state index in [0.717, 1.165) is 16.7 Å². The van der Waals surface area contributed by atoms with E-state index in [1.54, 1.807) is 0 Å². The average Bonchev–Trinajstić information content (AvgIpc) is 2.53. The molecule has 2 heterocycles. The summed E-state index contributed by atoms with van der Waals surface area (Å²) in [6, 6.07) is 2.00. The third-order valence-corrected chi connectivity index (χ3v) is 2.90. The number of ether oxygens (including phenoxy) is 1. The molecule has 1 saturated heterocycles. The van der Waals surface area contributed by atoms with Gasteiger partial charge in [-0.2, -0.15) is 5.10 Å². The number of rotatable bonds is 1. The van der Waals surface area contributed by atoms with Crippen molar-refractivity contribution in [2.75, 3.05) is 6.61 Å². The molecule has 0 unspecified atom stereocenters. The Labute approximate surface area is 85.2 Å². The van der Waals surface area contributed by atoms with Crippen LogP contribution in [0.2, 0.25) is 0 Å². The molecule has 1 aliphatic rings. The standard InChI is InChI=1S/C8H11IN2O/c9-7-4-5-10-11(7)8-3-1-2-6-12-8/h4-5,8H,1-3,6H2/t8-/m0/s1. The maximum Gasteiger partial charge on any atom is 0.151 e. The number of aromatic nitrogens is 2. The van der Waals surface area contributed by atoms with E-state index in [2.05, 4.69) is 27.7 Å². The molecule has 1 fully saturated rings. The van der Waals surface area contributed by atoms with Crippen LogP contribution in [0.25, 0.3) is 0 Å². The minimum Gasteiger partial charge on any atom is -0.356 e. The monoisotopic (exact) mass is 278 g/mol. The normalized spacial score (nSPS) is 24.2. The summed E-state index contributed by atoms with van der Waals surface area (Å²) in [5, 5.41) is 4.22. The van der Waals surface area contributed by atoms with Gasteiger partial charge in [-0.3, -0.25) is 0 Å². The minimum absolute atomic E-state index is 0.181. The number of halogens is 1. The van der Waals surface area contributed by atoms with Gasteiger partial charge >= 0.3 is 0 Å². The molecular weight excluding hydrogens is 267 g/mol. The summed E-state index contributed by atoms with van der Waals surface area (Å²) < 4.78 is 8.71. The van der Waals surface area contributed by atoms with Crippen molar-refractivity contribution in [1.82, 2.24) is 9.78 Å². The molecule has 0 radical (unpaired) electrons. The third-order valence-electron chi connectivity index (χ3n) is 2.05. The van der Waals surface area contributed by atoms with Crippen LogP contribution in [0.3, 0.4) is 0 Å². The van der Waals surface area contributed by atoms with Gasteiger partial charge in [-0.15, -0.1) is 0 Å². The lowest BCUT2D eigenvalue weighted by Crippen LogP contribution is -2.20. The molecule has 66 valence electrons. The molecule has 0 spiro atoms. The van der Waals surface area contributed by atoms with Crippen molar-refractivity contribution in [2.45, 2.75) is 25.5 Å². The van der Waals surface area contributed by atoms with E-state index in [4.69, 9.17) is 4.74 Å². The van der Waals surface area contributed by atoms with Crippen molar-refractivity contribution in [3.63, 3.8) is 0 Å². The Hall–Kier alpha value is -0.100. The first-order valence-electron chi connectivity index (χ1n) is 4.18. The minimum atomic E-state index is 0.181. The van der Waals surface area contributed by atoms with Crippen LogP contribution in [0.4, 0.5) is 0 Å². The first-order chi connectivity index (χ1) is 5.88. The average molecular weight is 278 g/mol. The molecule has 0 saturated carbocycles. The summed E-state index contributed by atoms with van der Waals surface area (Å²) in [6.45, 7) is 0.876. The summed E-state index contributed by atoms with van der Waals surface area (Å²) in [7, 11) is 0. The van der Waals surface area contributed by atoms with Crippen LogP contribution in [0.15, 0.2) is 12.3 Å². The Morgan fingerprint density at radius 1 is 1.58 bits per heavy atom. The van der Waals surface area contributed by atoms with Gasteiger partial charge in [0, 0.05) is 6.61 Å². The Morgan fingerprint density at radius 3 is 3.08 bits per heavy atom. The fourth-order valence-electron chi connectivity index (χ4n) is 1.43. The second-order valence-corrected chi connectivity index (χ2v) is 4.02. The molecule has 0 bridgehead atoms. The Balaban J connectivity index is 2.13. The molecule has 1 aliphatic heterocycles. The van der Waals surface area contributed by atoms with E-state index in [1.165, 1.54) is 12.8 Å². The van der Waals surface area contributed by atoms with Crippen molar-refractivity contribution in [3.8, 4) is 0 Å². The first kappa shape index (κ1) is 8.50. The van der Waals surface area contributed by atoms with Gasteiger partial charge in [0.1, 0.15) is 3.70 Å². The Kier molecular flexibility index (Phi) is 2.65. The van der Waals surface area contributed by atoms with E-state index < -0.39 is 0 Å². The van der Waals surface area contributed by atoms with E-state index in [0.29, 0.717) is 0 Å². The smallest absolute Gasteiger partial charge is 0.151 e. The lowest BCUT2D eigenvalue weighted by atomic mass is 10.2. The highest BCUT2D eigenvalue weighted by Crippen LogP contribution is 2.23. The molecule has 12 heavy (non-hydrogen) atoms. The van der Waals surface area contributed by atoms with Crippen LogP contribution in [-0.4, -0.2) is 16.4 Å². The molecule has 0 N–H and O–H groups in total. The number of hydrogen-bond acceptors (Lipinski definition) is 2. The van der Waals surface area contributed by atoms with Crippen molar-refractivity contribution in [2.24, 2.45) is 0 Å². The highest BCUT2D eigenvalue weighted by molar-refractivity contribution is 14.1. The summed E-state index contributed by atoms with van der Waals surface area (Å²) >= 11 is 2.28. The van der Waals surface area contributed by atoms with E-state index >= 15 is 0 Å². The topological polar surface area (TPSA) is 27.1 Å². The summed E-state index contributed by atoms with van der Waals surface area (Å²) in [5.74, 6) is 0. The quantitative estimate of drug-likeness (QED) is 0.736. The zero-order valence-corrected chi connectivity index (χ0v) is 8.90. The van der Waals surface area contributed by atoms with Crippen LogP contribution >= 0.6 is 22.6 Å². The van der Waals surface area contributed by atoms with Crippen molar-refractivity contribution < 1.29 is 4.74 Å². The van der Waals surface area contributed by atoms with Crippen molar-refractivity contribution in [1.29, 1.82) is 0 Å². The SMILES string of the molecule is Ic1ccnn1[C@@H]1CCCCO1. The van der Waals surface area contributed by atoms with Gasteiger partial charge in [-0.25, -0.2) is 4.68 Å². The predicted molar refractivity (Wildman–Crippen MR) is 53.8 cm³/mol. The summed E-state index contributed by atoms with van der Waals surface area (Å²) in [4.78, 5) is 0. The summed E-state index contributed by atoms with van der Waals surface area (Å²) in [5.41, 5.74) is 0. The Morgan fingerprint density at radius 2 is 2.50 bits per heavy atom. The van der Waals surface area contributed by atoms with E-state index in [9.17, 15) is 0 Å². The van der Waals surface area contributed by atoms with E-state index in [-0.39, 0.29) is 6.23 Å². The Bertz CT molecular complexity index is 255. The van der Waals surface area contributed by atoms with Crippen molar-refractivity contribution in [3.05, 3.63) is 16.0 Å². The summed E-state index contributed by atoms with van der Waals surface area (Å²) in [6.07, 6.45) is 5.53. The fourth-order valence-corrected chi connectivity index (χ4v) is 2.02. The van der Waals surface area contributed by atoms with E-state index in [1.807, 2.05) is 16.9 Å².